The topological polar surface area (TPSA) is 38.1 Å². The van der Waals surface area contributed by atoms with Gasteiger partial charge in [-0.2, -0.15) is 0 Å². The van der Waals surface area contributed by atoms with E-state index in [0.29, 0.717) is 22.0 Å². The number of rotatable bonds is 2. The van der Waals surface area contributed by atoms with Crippen LogP contribution in [0, 0.1) is 11.8 Å². The molecule has 5 heteroatoms. The summed E-state index contributed by atoms with van der Waals surface area (Å²) in [5.41, 5.74) is 2.86. The lowest BCUT2D eigenvalue weighted by Gasteiger charge is -2.03. The van der Waals surface area contributed by atoms with E-state index in [1.165, 1.54) is 0 Å². The van der Waals surface area contributed by atoms with Gasteiger partial charge in [-0.3, -0.25) is 4.98 Å². The average Bonchev–Trinajstić information content (AvgIpc) is 3.00. The number of benzene rings is 2. The molecular weight excluding hydrogens is 379 g/mol. The Balaban J connectivity index is 1.68. The number of hydrogen-bond acceptors (Lipinski definition) is 2. The van der Waals surface area contributed by atoms with Crippen LogP contribution in [0.3, 0.4) is 0 Å². The molecule has 0 bridgehead atoms. The fourth-order valence-electron chi connectivity index (χ4n) is 2.93. The highest BCUT2D eigenvalue weighted by atomic mass is 35.5. The Morgan fingerprint density at radius 1 is 0.963 bits per heavy atom. The summed E-state index contributed by atoms with van der Waals surface area (Å²) in [6, 6.07) is 15.0. The number of hydrogen-bond donors (Lipinski definition) is 1. The van der Waals surface area contributed by atoms with Gasteiger partial charge in [0.1, 0.15) is 0 Å². The monoisotopic (exact) mass is 392 g/mol. The van der Waals surface area contributed by atoms with E-state index >= 15 is 0 Å². The summed E-state index contributed by atoms with van der Waals surface area (Å²) in [6.07, 6.45) is 5.34. The van der Waals surface area contributed by atoms with Gasteiger partial charge in [-0.1, -0.05) is 35.0 Å². The van der Waals surface area contributed by atoms with Gasteiger partial charge in [0.15, 0.2) is 0 Å². The highest BCUT2D eigenvalue weighted by molar-refractivity contribution is 6.36. The van der Waals surface area contributed by atoms with Crippen LogP contribution in [-0.4, -0.2) is 14.7 Å². The van der Waals surface area contributed by atoms with E-state index < -0.39 is 0 Å². The SMILES string of the molecule is Oc1c2c(Cl)cc(-c3ccncc3)cc2cn1CC#Cc1ccc(Cl)cc1. The van der Waals surface area contributed by atoms with Crippen LogP contribution >= 0.6 is 23.2 Å². The molecule has 2 heterocycles. The lowest BCUT2D eigenvalue weighted by Crippen LogP contribution is -1.91. The molecule has 0 radical (unpaired) electrons. The van der Waals surface area contributed by atoms with E-state index in [-0.39, 0.29) is 5.88 Å². The molecule has 132 valence electrons. The minimum Gasteiger partial charge on any atom is -0.494 e. The number of aromatic hydroxyl groups is 1. The zero-order chi connectivity index (χ0) is 18.8. The number of nitrogens with zero attached hydrogens (tertiary/aromatic N) is 2. The fourth-order valence-corrected chi connectivity index (χ4v) is 3.37. The molecule has 2 aromatic heterocycles. The molecule has 27 heavy (non-hydrogen) atoms. The van der Waals surface area contributed by atoms with Crippen LogP contribution in [0.1, 0.15) is 5.56 Å². The first-order chi connectivity index (χ1) is 13.1. The second-order valence-electron chi connectivity index (χ2n) is 6.05. The summed E-state index contributed by atoms with van der Waals surface area (Å²) in [4.78, 5) is 4.04. The van der Waals surface area contributed by atoms with Gasteiger partial charge in [-0.25, -0.2) is 0 Å². The predicted molar refractivity (Wildman–Crippen MR) is 110 cm³/mol. The molecule has 0 fully saturated rings. The zero-order valence-corrected chi connectivity index (χ0v) is 15.7. The summed E-state index contributed by atoms with van der Waals surface area (Å²) in [6.45, 7) is 0.351. The third-order valence-electron chi connectivity index (χ3n) is 4.25. The Morgan fingerprint density at radius 2 is 1.70 bits per heavy atom. The molecule has 4 rings (SSSR count). The minimum atomic E-state index is 0.113. The van der Waals surface area contributed by atoms with Gasteiger partial charge >= 0.3 is 0 Å². The van der Waals surface area contributed by atoms with Crippen molar-refractivity contribution >= 4 is 34.0 Å². The van der Waals surface area contributed by atoms with E-state index in [1.54, 1.807) is 29.1 Å². The Morgan fingerprint density at radius 3 is 2.44 bits per heavy atom. The van der Waals surface area contributed by atoms with Crippen LogP contribution in [0.2, 0.25) is 10.0 Å². The van der Waals surface area contributed by atoms with E-state index in [0.717, 1.165) is 22.1 Å². The summed E-state index contributed by atoms with van der Waals surface area (Å²) in [5.74, 6) is 6.24. The second-order valence-corrected chi connectivity index (χ2v) is 6.89. The van der Waals surface area contributed by atoms with Gasteiger partial charge in [0.05, 0.1) is 17.0 Å². The number of halogens is 2. The molecule has 3 nitrogen and oxygen atoms in total. The van der Waals surface area contributed by atoms with E-state index in [9.17, 15) is 5.11 Å². The lowest BCUT2D eigenvalue weighted by atomic mass is 10.0. The number of pyridine rings is 1. The predicted octanol–water partition coefficient (Wildman–Crippen LogP) is 5.77. The van der Waals surface area contributed by atoms with Crippen molar-refractivity contribution in [3.05, 3.63) is 82.7 Å². The Bertz CT molecular complexity index is 1170. The molecule has 4 aromatic rings. The zero-order valence-electron chi connectivity index (χ0n) is 14.2. The van der Waals surface area contributed by atoms with Crippen LogP contribution in [0.25, 0.3) is 21.9 Å². The number of fused-ring (bicyclic) bond motifs is 1. The van der Waals surface area contributed by atoms with Crippen LogP contribution < -0.4 is 0 Å². The molecule has 0 saturated heterocycles. The maximum atomic E-state index is 10.5. The molecule has 2 aromatic carbocycles. The van der Waals surface area contributed by atoms with Gasteiger partial charge in [-0.05, 0) is 59.7 Å². The van der Waals surface area contributed by atoms with E-state index in [2.05, 4.69) is 16.8 Å². The van der Waals surface area contributed by atoms with Crippen LogP contribution in [0.15, 0.2) is 67.1 Å². The summed E-state index contributed by atoms with van der Waals surface area (Å²) in [7, 11) is 0. The standard InChI is InChI=1S/C22H14Cl2N2O/c23-19-5-3-15(4-6-19)2-1-11-26-14-18-12-17(16-7-9-25-10-8-16)13-20(24)21(18)22(26)27/h3-10,12-14,27H,11H2. The van der Waals surface area contributed by atoms with Crippen LogP contribution in [0.5, 0.6) is 5.88 Å². The largest absolute Gasteiger partial charge is 0.494 e. The van der Waals surface area contributed by atoms with Gasteiger partial charge in [0.25, 0.3) is 0 Å². The molecule has 0 amide bonds. The van der Waals surface area contributed by atoms with Crippen molar-refractivity contribution in [2.75, 3.05) is 0 Å². The maximum Gasteiger partial charge on any atom is 0.201 e. The molecular formula is C22H14Cl2N2O. The third-order valence-corrected chi connectivity index (χ3v) is 4.80. The van der Waals surface area contributed by atoms with Crippen molar-refractivity contribution in [2.24, 2.45) is 0 Å². The smallest absolute Gasteiger partial charge is 0.201 e. The van der Waals surface area contributed by atoms with Crippen molar-refractivity contribution in [3.63, 3.8) is 0 Å². The maximum absolute atomic E-state index is 10.5. The average molecular weight is 393 g/mol. The van der Waals surface area contributed by atoms with Crippen LogP contribution in [0.4, 0.5) is 0 Å². The van der Waals surface area contributed by atoms with Crippen LogP contribution in [-0.2, 0) is 6.54 Å². The normalized spacial score (nSPS) is 10.6. The molecule has 0 aliphatic heterocycles. The van der Waals surface area contributed by atoms with Gasteiger partial charge in [-0.15, -0.1) is 0 Å². The van der Waals surface area contributed by atoms with Crippen molar-refractivity contribution in [2.45, 2.75) is 6.54 Å². The first kappa shape index (κ1) is 17.5. The van der Waals surface area contributed by atoms with Crippen molar-refractivity contribution in [1.82, 2.24) is 9.55 Å². The summed E-state index contributed by atoms with van der Waals surface area (Å²) in [5, 5.41) is 13.2. The van der Waals surface area contributed by atoms with Gasteiger partial charge in [0, 0.05) is 34.6 Å². The van der Waals surface area contributed by atoms with Gasteiger partial charge in [0.2, 0.25) is 5.88 Å². The Kier molecular flexibility index (Phi) is 4.77. The molecule has 0 saturated carbocycles. The number of aromatic nitrogens is 2. The molecule has 0 spiro atoms. The van der Waals surface area contributed by atoms with E-state index in [4.69, 9.17) is 23.2 Å². The summed E-state index contributed by atoms with van der Waals surface area (Å²) < 4.78 is 1.69. The van der Waals surface area contributed by atoms with Gasteiger partial charge < -0.3 is 9.67 Å². The molecule has 0 atom stereocenters. The molecule has 0 unspecified atom stereocenters. The third kappa shape index (κ3) is 3.64. The Labute approximate surface area is 166 Å². The van der Waals surface area contributed by atoms with Crippen molar-refractivity contribution in [1.29, 1.82) is 0 Å². The first-order valence-electron chi connectivity index (χ1n) is 8.28. The summed E-state index contributed by atoms with van der Waals surface area (Å²) >= 11 is 12.3. The first-order valence-corrected chi connectivity index (χ1v) is 9.03. The van der Waals surface area contributed by atoms with E-state index in [1.807, 2.05) is 42.6 Å². The molecule has 0 aliphatic rings. The fraction of sp³-hybridized carbons (Fsp3) is 0.0455. The molecule has 1 N–H and O–H groups in total. The lowest BCUT2D eigenvalue weighted by molar-refractivity contribution is 0.433. The van der Waals surface area contributed by atoms with Crippen molar-refractivity contribution in [3.8, 4) is 28.8 Å². The minimum absolute atomic E-state index is 0.113. The second kappa shape index (κ2) is 7.36. The highest BCUT2D eigenvalue weighted by Crippen LogP contribution is 2.37. The quantitative estimate of drug-likeness (QED) is 0.439. The van der Waals surface area contributed by atoms with Crippen molar-refractivity contribution < 1.29 is 5.11 Å². The highest BCUT2D eigenvalue weighted by Gasteiger charge is 2.13. The molecule has 0 aliphatic carbocycles. The Hall–Kier alpha value is -2.93.